The van der Waals surface area contributed by atoms with Crippen LogP contribution in [-0.4, -0.2) is 18.8 Å². The molecule has 1 atom stereocenters. The van der Waals surface area contributed by atoms with Crippen molar-refractivity contribution in [3.63, 3.8) is 0 Å². The highest BCUT2D eigenvalue weighted by atomic mass is 32.1. The van der Waals surface area contributed by atoms with Gasteiger partial charge in [-0.1, -0.05) is 84.1 Å². The molecule has 0 fully saturated rings. The zero-order chi connectivity index (χ0) is 29.1. The lowest BCUT2D eigenvalue weighted by molar-refractivity contribution is 0.392. The van der Waals surface area contributed by atoms with E-state index in [9.17, 15) is 4.79 Å². The molecule has 210 valence electrons. The van der Waals surface area contributed by atoms with E-state index in [1.165, 1.54) is 16.9 Å². The van der Waals surface area contributed by atoms with E-state index < -0.39 is 0 Å². The third-order valence-corrected chi connectivity index (χ3v) is 9.68. The summed E-state index contributed by atoms with van der Waals surface area (Å²) in [5.74, 6) is 1.43. The summed E-state index contributed by atoms with van der Waals surface area (Å²) < 4.78 is 14.0. The molecule has 0 saturated heterocycles. The lowest BCUT2D eigenvalue weighted by Gasteiger charge is -2.31. The van der Waals surface area contributed by atoms with Gasteiger partial charge in [-0.05, 0) is 81.4 Å². The fourth-order valence-electron chi connectivity index (χ4n) is 6.69. The molecule has 0 spiro atoms. The van der Waals surface area contributed by atoms with Crippen LogP contribution < -0.4 is 24.4 Å². The number of allylic oxidation sites excluding steroid dienone is 1. The molecule has 6 heteroatoms. The van der Waals surface area contributed by atoms with Crippen LogP contribution in [0.3, 0.4) is 0 Å². The van der Waals surface area contributed by atoms with Crippen molar-refractivity contribution in [3.05, 3.63) is 145 Å². The first kappa shape index (κ1) is 25.7. The molecule has 5 aromatic carbocycles. The van der Waals surface area contributed by atoms with Crippen LogP contribution in [0.4, 0.5) is 0 Å². The van der Waals surface area contributed by atoms with Crippen LogP contribution in [0.5, 0.6) is 11.5 Å². The maximum atomic E-state index is 14.5. The fraction of sp³-hybridized carbons (Fsp3) is 0.135. The predicted molar refractivity (Wildman–Crippen MR) is 174 cm³/mol. The van der Waals surface area contributed by atoms with E-state index in [1.54, 1.807) is 14.2 Å². The van der Waals surface area contributed by atoms with Crippen LogP contribution in [0.25, 0.3) is 33.3 Å². The highest BCUT2D eigenvalue weighted by Crippen LogP contribution is 2.44. The van der Waals surface area contributed by atoms with Crippen molar-refractivity contribution in [1.29, 1.82) is 0 Å². The van der Waals surface area contributed by atoms with Crippen molar-refractivity contribution in [2.45, 2.75) is 18.9 Å². The van der Waals surface area contributed by atoms with Crippen molar-refractivity contribution in [2.24, 2.45) is 4.99 Å². The minimum atomic E-state index is -0.365. The minimum absolute atomic E-state index is 0.0546. The van der Waals surface area contributed by atoms with Gasteiger partial charge in [-0.2, -0.15) is 0 Å². The zero-order valence-electron chi connectivity index (χ0n) is 23.8. The summed E-state index contributed by atoms with van der Waals surface area (Å²) in [6.07, 6.45) is 3.75. The number of nitrogens with zero attached hydrogens (tertiary/aromatic N) is 2. The Bertz CT molecular complexity index is 2260. The van der Waals surface area contributed by atoms with E-state index >= 15 is 0 Å². The monoisotopic (exact) mass is 580 g/mol. The SMILES string of the molecule is COc1ccc(OC)c([C@H]2C3=C(N=c4s/c(=C/c5c6ccccc6cc6ccccc56)c(=O)n42)c2ccccc2CC3)c1. The normalized spacial score (nSPS) is 16.0. The molecule has 0 unspecified atom stereocenters. The van der Waals surface area contributed by atoms with E-state index in [-0.39, 0.29) is 11.6 Å². The van der Waals surface area contributed by atoms with E-state index in [0.29, 0.717) is 15.1 Å². The van der Waals surface area contributed by atoms with Crippen LogP contribution in [0.15, 0.2) is 112 Å². The third-order valence-electron chi connectivity index (χ3n) is 8.69. The molecular formula is C37H28N2O3S. The van der Waals surface area contributed by atoms with Crippen LogP contribution in [-0.2, 0) is 6.42 Å². The van der Waals surface area contributed by atoms with Crippen molar-refractivity contribution in [2.75, 3.05) is 14.2 Å². The number of hydrogen-bond donors (Lipinski definition) is 0. The van der Waals surface area contributed by atoms with Gasteiger partial charge in [-0.15, -0.1) is 0 Å². The third kappa shape index (κ3) is 4.05. The largest absolute Gasteiger partial charge is 0.497 e. The summed E-state index contributed by atoms with van der Waals surface area (Å²) in [6, 6.07) is 32.8. The number of aromatic nitrogens is 1. The summed E-state index contributed by atoms with van der Waals surface area (Å²) in [6.45, 7) is 0. The van der Waals surface area contributed by atoms with Gasteiger partial charge in [0.1, 0.15) is 11.5 Å². The molecule has 0 amide bonds. The van der Waals surface area contributed by atoms with Crippen LogP contribution in [0.2, 0.25) is 0 Å². The standard InChI is InChI=1S/C37H28N2O3S/c1-41-25-16-18-32(42-2)31(20-25)35-29-17-15-22-9-3-8-14-28(22)34(29)38-37-39(35)36(40)33(43-37)21-30-26-12-6-4-10-23(26)19-24-11-5-7-13-27(24)30/h3-14,16,18-21,35H,15,17H2,1-2H3/b33-21+/t35-/m1/s1. The molecule has 1 aromatic heterocycles. The second-order valence-electron chi connectivity index (χ2n) is 11.0. The molecule has 6 aromatic rings. The minimum Gasteiger partial charge on any atom is -0.497 e. The maximum absolute atomic E-state index is 14.5. The molecule has 1 aliphatic heterocycles. The van der Waals surface area contributed by atoms with E-state index in [4.69, 9.17) is 14.5 Å². The Morgan fingerprint density at radius 1 is 0.837 bits per heavy atom. The topological polar surface area (TPSA) is 52.8 Å². The zero-order valence-corrected chi connectivity index (χ0v) is 24.7. The maximum Gasteiger partial charge on any atom is 0.271 e. The first-order chi connectivity index (χ1) is 21.1. The summed E-state index contributed by atoms with van der Waals surface area (Å²) >= 11 is 1.45. The Morgan fingerprint density at radius 3 is 2.30 bits per heavy atom. The Kier molecular flexibility index (Phi) is 6.05. The molecule has 2 aliphatic rings. The summed E-state index contributed by atoms with van der Waals surface area (Å²) in [7, 11) is 3.33. The lowest BCUT2D eigenvalue weighted by atomic mass is 9.83. The van der Waals surface area contributed by atoms with Gasteiger partial charge in [0.15, 0.2) is 4.80 Å². The molecule has 0 N–H and O–H groups in total. The van der Waals surface area contributed by atoms with Gasteiger partial charge >= 0.3 is 0 Å². The molecule has 2 heterocycles. The number of aryl methyl sites for hydroxylation is 1. The Morgan fingerprint density at radius 2 is 1.56 bits per heavy atom. The molecular weight excluding hydrogens is 552 g/mol. The van der Waals surface area contributed by atoms with Crippen LogP contribution in [0.1, 0.15) is 34.7 Å². The number of benzene rings is 5. The Hall–Kier alpha value is -4.94. The smallest absolute Gasteiger partial charge is 0.271 e. The van der Waals surface area contributed by atoms with E-state index in [2.05, 4.69) is 84.9 Å². The average Bonchev–Trinajstić information content (AvgIpc) is 3.37. The van der Waals surface area contributed by atoms with Gasteiger partial charge in [-0.3, -0.25) is 9.36 Å². The molecule has 0 saturated carbocycles. The fourth-order valence-corrected chi connectivity index (χ4v) is 7.67. The van der Waals surface area contributed by atoms with Crippen molar-refractivity contribution >= 4 is 44.7 Å². The van der Waals surface area contributed by atoms with E-state index in [1.807, 2.05) is 22.8 Å². The highest BCUT2D eigenvalue weighted by molar-refractivity contribution is 7.07. The van der Waals surface area contributed by atoms with Gasteiger partial charge in [0.05, 0.1) is 30.5 Å². The Balaban J connectivity index is 1.45. The Labute approximate surface area is 252 Å². The number of rotatable bonds is 4. The van der Waals surface area contributed by atoms with Crippen LogP contribution >= 0.6 is 11.3 Å². The number of methoxy groups -OCH3 is 2. The first-order valence-electron chi connectivity index (χ1n) is 14.4. The average molecular weight is 581 g/mol. The first-order valence-corrected chi connectivity index (χ1v) is 15.2. The molecule has 0 bridgehead atoms. The number of fused-ring (bicyclic) bond motifs is 5. The van der Waals surface area contributed by atoms with Crippen molar-refractivity contribution < 1.29 is 9.47 Å². The number of ether oxygens (including phenoxy) is 2. The van der Waals surface area contributed by atoms with Crippen LogP contribution in [0, 0.1) is 0 Å². The number of thiazole rings is 1. The van der Waals surface area contributed by atoms with Crippen molar-refractivity contribution in [1.82, 2.24) is 4.57 Å². The van der Waals surface area contributed by atoms with Gasteiger partial charge in [0, 0.05) is 11.1 Å². The van der Waals surface area contributed by atoms with Gasteiger partial charge in [-0.25, -0.2) is 4.99 Å². The summed E-state index contributed by atoms with van der Waals surface area (Å²) in [5, 5.41) is 4.52. The second kappa shape index (κ2) is 10.1. The van der Waals surface area contributed by atoms with Gasteiger partial charge in [0.25, 0.3) is 5.56 Å². The van der Waals surface area contributed by atoms with Gasteiger partial charge < -0.3 is 9.47 Å². The quantitative estimate of drug-likeness (QED) is 0.220. The molecule has 8 rings (SSSR count). The van der Waals surface area contributed by atoms with Crippen molar-refractivity contribution in [3.8, 4) is 11.5 Å². The molecule has 5 nitrogen and oxygen atoms in total. The lowest BCUT2D eigenvalue weighted by Crippen LogP contribution is -2.39. The van der Waals surface area contributed by atoms with Gasteiger partial charge in [0.2, 0.25) is 0 Å². The summed E-state index contributed by atoms with van der Waals surface area (Å²) in [5.41, 5.74) is 6.38. The molecule has 1 aliphatic carbocycles. The predicted octanol–water partition coefficient (Wildman–Crippen LogP) is 6.64. The molecule has 43 heavy (non-hydrogen) atoms. The highest BCUT2D eigenvalue weighted by Gasteiger charge is 2.34. The number of hydrogen-bond acceptors (Lipinski definition) is 5. The second-order valence-corrected chi connectivity index (χ2v) is 12.0. The molecule has 0 radical (unpaired) electrons. The summed E-state index contributed by atoms with van der Waals surface area (Å²) in [4.78, 5) is 20.4. The van der Waals surface area contributed by atoms with E-state index in [0.717, 1.165) is 68.1 Å².